The molecule has 0 bridgehead atoms. The molecular formula is C16H24F2N2O. The van der Waals surface area contributed by atoms with E-state index in [9.17, 15) is 8.78 Å². The van der Waals surface area contributed by atoms with Crippen molar-refractivity contribution >= 4 is 0 Å². The van der Waals surface area contributed by atoms with E-state index in [1.807, 2.05) is 12.1 Å². The zero-order chi connectivity index (χ0) is 15.5. The van der Waals surface area contributed by atoms with Crippen molar-refractivity contribution in [2.45, 2.75) is 39.3 Å². The summed E-state index contributed by atoms with van der Waals surface area (Å²) >= 11 is 0. The Labute approximate surface area is 125 Å². The molecule has 0 aromatic heterocycles. The number of rotatable bonds is 5. The van der Waals surface area contributed by atoms with Crippen molar-refractivity contribution < 1.29 is 13.5 Å². The van der Waals surface area contributed by atoms with E-state index in [0.29, 0.717) is 6.54 Å². The van der Waals surface area contributed by atoms with Crippen LogP contribution in [0.1, 0.15) is 38.3 Å². The van der Waals surface area contributed by atoms with Crippen LogP contribution < -0.4 is 10.5 Å². The molecule has 2 rings (SSSR count). The van der Waals surface area contributed by atoms with Crippen LogP contribution in [0.3, 0.4) is 0 Å². The number of nitrogens with zero attached hydrogens (tertiary/aromatic N) is 1. The van der Waals surface area contributed by atoms with Gasteiger partial charge in [-0.2, -0.15) is 8.78 Å². The fraction of sp³-hybridized carbons (Fsp3) is 0.625. The first kappa shape index (κ1) is 16.2. The van der Waals surface area contributed by atoms with Crippen molar-refractivity contribution in [3.8, 4) is 5.75 Å². The van der Waals surface area contributed by atoms with Crippen molar-refractivity contribution in [1.82, 2.24) is 4.90 Å². The molecule has 0 amide bonds. The van der Waals surface area contributed by atoms with E-state index in [2.05, 4.69) is 23.5 Å². The van der Waals surface area contributed by atoms with Crippen LogP contribution in [0.2, 0.25) is 0 Å². The fourth-order valence-electron chi connectivity index (χ4n) is 3.17. The summed E-state index contributed by atoms with van der Waals surface area (Å²) in [5.41, 5.74) is 6.91. The van der Waals surface area contributed by atoms with Crippen LogP contribution in [0.15, 0.2) is 24.3 Å². The highest BCUT2D eigenvalue weighted by Gasteiger charge is 2.32. The van der Waals surface area contributed by atoms with Crippen LogP contribution in [0, 0.1) is 5.41 Å². The van der Waals surface area contributed by atoms with Gasteiger partial charge in [-0.1, -0.05) is 32.0 Å². The largest absolute Gasteiger partial charge is 0.434 e. The molecule has 0 aliphatic carbocycles. The Morgan fingerprint density at radius 1 is 1.33 bits per heavy atom. The van der Waals surface area contributed by atoms with E-state index in [1.54, 1.807) is 12.1 Å². The van der Waals surface area contributed by atoms with Crippen molar-refractivity contribution in [3.05, 3.63) is 29.8 Å². The number of hydrogen-bond donors (Lipinski definition) is 1. The summed E-state index contributed by atoms with van der Waals surface area (Å²) in [4.78, 5) is 2.29. The number of halogens is 2. The quantitative estimate of drug-likeness (QED) is 0.905. The lowest BCUT2D eigenvalue weighted by Crippen LogP contribution is -2.44. The smallest absolute Gasteiger partial charge is 0.387 e. The fourth-order valence-corrected chi connectivity index (χ4v) is 3.17. The summed E-state index contributed by atoms with van der Waals surface area (Å²) in [5.74, 6) is 0.228. The molecule has 118 valence electrons. The summed E-state index contributed by atoms with van der Waals surface area (Å²) in [7, 11) is 0. The van der Waals surface area contributed by atoms with Crippen LogP contribution >= 0.6 is 0 Å². The highest BCUT2D eigenvalue weighted by Crippen LogP contribution is 2.36. The third-order valence-electron chi connectivity index (χ3n) is 4.09. The molecule has 1 unspecified atom stereocenters. The average molecular weight is 298 g/mol. The summed E-state index contributed by atoms with van der Waals surface area (Å²) in [6, 6.07) is 6.87. The first-order chi connectivity index (χ1) is 9.93. The van der Waals surface area contributed by atoms with Crippen LogP contribution in [0.4, 0.5) is 8.78 Å². The van der Waals surface area contributed by atoms with E-state index in [-0.39, 0.29) is 17.2 Å². The molecule has 1 aliphatic heterocycles. The third-order valence-corrected chi connectivity index (χ3v) is 4.09. The number of benzene rings is 1. The van der Waals surface area contributed by atoms with Crippen LogP contribution in [0.5, 0.6) is 5.75 Å². The maximum atomic E-state index is 12.6. The molecule has 1 saturated heterocycles. The van der Waals surface area contributed by atoms with E-state index >= 15 is 0 Å². The molecule has 1 aromatic carbocycles. The van der Waals surface area contributed by atoms with Gasteiger partial charge in [0.25, 0.3) is 0 Å². The lowest BCUT2D eigenvalue weighted by atomic mass is 9.83. The normalized spacial score (nSPS) is 20.5. The molecule has 1 atom stereocenters. The number of alkyl halides is 2. The zero-order valence-corrected chi connectivity index (χ0v) is 12.7. The molecule has 0 radical (unpaired) electrons. The van der Waals surface area contributed by atoms with Gasteiger partial charge in [-0.25, -0.2) is 0 Å². The molecule has 3 nitrogen and oxygen atoms in total. The second-order valence-electron chi connectivity index (χ2n) is 6.41. The van der Waals surface area contributed by atoms with E-state index in [1.165, 1.54) is 6.42 Å². The minimum atomic E-state index is -2.82. The maximum Gasteiger partial charge on any atom is 0.387 e. The van der Waals surface area contributed by atoms with Gasteiger partial charge in [0.1, 0.15) is 5.75 Å². The van der Waals surface area contributed by atoms with Crippen molar-refractivity contribution in [2.75, 3.05) is 19.6 Å². The van der Waals surface area contributed by atoms with E-state index in [4.69, 9.17) is 5.73 Å². The van der Waals surface area contributed by atoms with Crippen molar-refractivity contribution in [2.24, 2.45) is 11.1 Å². The molecule has 1 heterocycles. The molecule has 21 heavy (non-hydrogen) atoms. The number of nitrogens with two attached hydrogens (primary N) is 1. The Balaban J connectivity index is 2.25. The predicted molar refractivity (Wildman–Crippen MR) is 79.5 cm³/mol. The van der Waals surface area contributed by atoms with Crippen LogP contribution in [-0.2, 0) is 0 Å². The molecule has 5 heteroatoms. The van der Waals surface area contributed by atoms with Gasteiger partial charge in [0.15, 0.2) is 0 Å². The molecule has 1 fully saturated rings. The summed E-state index contributed by atoms with van der Waals surface area (Å²) in [5, 5.41) is 0. The number of piperidine rings is 1. The minimum Gasteiger partial charge on any atom is -0.434 e. The molecule has 0 saturated carbocycles. The van der Waals surface area contributed by atoms with Gasteiger partial charge in [-0.05, 0) is 30.9 Å². The SMILES string of the molecule is CC1(C)CCCN(C(CN)c2ccccc2OC(F)F)C1. The highest BCUT2D eigenvalue weighted by molar-refractivity contribution is 5.36. The van der Waals surface area contributed by atoms with Gasteiger partial charge in [-0.3, -0.25) is 4.90 Å². The summed E-state index contributed by atoms with van der Waals surface area (Å²) in [6.45, 7) is 3.89. The average Bonchev–Trinajstić information content (AvgIpc) is 2.40. The molecule has 0 spiro atoms. The molecule has 1 aliphatic rings. The summed E-state index contributed by atoms with van der Waals surface area (Å²) in [6.07, 6.45) is 2.28. The van der Waals surface area contributed by atoms with Gasteiger partial charge in [-0.15, -0.1) is 0 Å². The molecular weight excluding hydrogens is 274 g/mol. The van der Waals surface area contributed by atoms with Gasteiger partial charge in [0, 0.05) is 18.7 Å². The Bertz CT molecular complexity index is 465. The third kappa shape index (κ3) is 4.14. The van der Waals surface area contributed by atoms with E-state index < -0.39 is 6.61 Å². The zero-order valence-electron chi connectivity index (χ0n) is 12.7. The number of likely N-dealkylation sites (tertiary alicyclic amines) is 1. The summed E-state index contributed by atoms with van der Waals surface area (Å²) < 4.78 is 29.8. The van der Waals surface area contributed by atoms with Gasteiger partial charge in [0.2, 0.25) is 0 Å². The first-order valence-corrected chi connectivity index (χ1v) is 7.41. The second-order valence-corrected chi connectivity index (χ2v) is 6.41. The van der Waals surface area contributed by atoms with Gasteiger partial charge < -0.3 is 10.5 Å². The molecule has 2 N–H and O–H groups in total. The lowest BCUT2D eigenvalue weighted by molar-refractivity contribution is -0.0515. The van der Waals surface area contributed by atoms with E-state index in [0.717, 1.165) is 25.1 Å². The van der Waals surface area contributed by atoms with Crippen LogP contribution in [0.25, 0.3) is 0 Å². The van der Waals surface area contributed by atoms with Gasteiger partial charge >= 0.3 is 6.61 Å². The van der Waals surface area contributed by atoms with Crippen LogP contribution in [-0.4, -0.2) is 31.1 Å². The Hall–Kier alpha value is -1.20. The topological polar surface area (TPSA) is 38.5 Å². The minimum absolute atomic E-state index is 0.0838. The predicted octanol–water partition coefficient (Wildman–Crippen LogP) is 3.41. The standard InChI is InChI=1S/C16H24F2N2O/c1-16(2)8-5-9-20(11-16)13(10-19)12-6-3-4-7-14(12)21-15(17)18/h3-4,6-7,13,15H,5,8-11,19H2,1-2H3. The van der Waals surface area contributed by atoms with Gasteiger partial charge in [0.05, 0.1) is 6.04 Å². The Kier molecular flexibility index (Phi) is 5.17. The Morgan fingerprint density at radius 3 is 2.67 bits per heavy atom. The monoisotopic (exact) mass is 298 g/mol. The first-order valence-electron chi connectivity index (χ1n) is 7.41. The maximum absolute atomic E-state index is 12.6. The number of ether oxygens (including phenoxy) is 1. The lowest BCUT2D eigenvalue weighted by Gasteiger charge is -2.42. The number of para-hydroxylation sites is 1. The van der Waals surface area contributed by atoms with Crippen molar-refractivity contribution in [3.63, 3.8) is 0 Å². The molecule has 1 aromatic rings. The van der Waals surface area contributed by atoms with Crippen molar-refractivity contribution in [1.29, 1.82) is 0 Å². The Morgan fingerprint density at radius 2 is 2.05 bits per heavy atom. The second kappa shape index (κ2) is 6.71. The number of hydrogen-bond acceptors (Lipinski definition) is 3. The highest BCUT2D eigenvalue weighted by atomic mass is 19.3.